The van der Waals surface area contributed by atoms with Crippen molar-refractivity contribution in [1.82, 2.24) is 4.90 Å². The number of rotatable bonds is 6. The number of methoxy groups -OCH3 is 1. The Morgan fingerprint density at radius 1 is 1.15 bits per heavy atom. The summed E-state index contributed by atoms with van der Waals surface area (Å²) in [6.45, 7) is 1.41. The van der Waals surface area contributed by atoms with Crippen LogP contribution in [0.2, 0.25) is 0 Å². The molecule has 1 amide bonds. The number of carbonyl (C=O) groups excluding carboxylic acids is 1. The second kappa shape index (κ2) is 9.49. The lowest BCUT2D eigenvalue weighted by Crippen LogP contribution is -2.57. The molecular weight excluding hydrogens is 328 g/mol. The molecule has 2 N–H and O–H groups in total. The van der Waals surface area contributed by atoms with Gasteiger partial charge in [0.2, 0.25) is 5.91 Å². The van der Waals surface area contributed by atoms with Crippen LogP contribution >= 0.6 is 0 Å². The number of hydrogen-bond acceptors (Lipinski definition) is 4. The third kappa shape index (κ3) is 4.84. The molecule has 2 aliphatic rings. The van der Waals surface area contributed by atoms with Crippen molar-refractivity contribution in [3.8, 4) is 0 Å². The maximum absolute atomic E-state index is 12.3. The minimum Gasteiger partial charge on any atom is -0.376 e. The summed E-state index contributed by atoms with van der Waals surface area (Å²) in [6, 6.07) is 10.7. The highest BCUT2D eigenvalue weighted by atomic mass is 16.5. The molecule has 0 radical (unpaired) electrons. The van der Waals surface area contributed by atoms with Gasteiger partial charge in [0.05, 0.1) is 18.8 Å². The predicted molar refractivity (Wildman–Crippen MR) is 102 cm³/mol. The molecule has 1 saturated carbocycles. The van der Waals surface area contributed by atoms with Gasteiger partial charge in [-0.2, -0.15) is 0 Å². The van der Waals surface area contributed by atoms with E-state index >= 15 is 0 Å². The minimum absolute atomic E-state index is 0.00906. The number of amides is 1. The molecule has 0 spiro atoms. The number of nitrogens with two attached hydrogens (primary N) is 1. The molecule has 0 bridgehead atoms. The molecule has 26 heavy (non-hydrogen) atoms. The van der Waals surface area contributed by atoms with Gasteiger partial charge in [0, 0.05) is 19.7 Å². The van der Waals surface area contributed by atoms with E-state index in [1.165, 1.54) is 5.56 Å². The summed E-state index contributed by atoms with van der Waals surface area (Å²) >= 11 is 0. The predicted octanol–water partition coefficient (Wildman–Crippen LogP) is 2.69. The molecule has 5 nitrogen and oxygen atoms in total. The van der Waals surface area contributed by atoms with E-state index in [2.05, 4.69) is 30.3 Å². The van der Waals surface area contributed by atoms with Crippen molar-refractivity contribution in [3.63, 3.8) is 0 Å². The molecule has 3 rings (SSSR count). The molecule has 1 aromatic rings. The second-order valence-corrected chi connectivity index (χ2v) is 7.61. The third-order valence-electron chi connectivity index (χ3n) is 5.87. The zero-order chi connectivity index (χ0) is 18.4. The molecule has 0 unspecified atom stereocenters. The van der Waals surface area contributed by atoms with Gasteiger partial charge < -0.3 is 20.1 Å². The van der Waals surface area contributed by atoms with Crippen molar-refractivity contribution in [2.45, 2.75) is 62.6 Å². The van der Waals surface area contributed by atoms with Crippen LogP contribution < -0.4 is 5.73 Å². The number of piperidine rings is 1. The summed E-state index contributed by atoms with van der Waals surface area (Å²) in [5, 5.41) is 0. The van der Waals surface area contributed by atoms with Gasteiger partial charge in [-0.15, -0.1) is 0 Å². The zero-order valence-electron chi connectivity index (χ0n) is 15.8. The highest BCUT2D eigenvalue weighted by Gasteiger charge is 2.33. The van der Waals surface area contributed by atoms with Gasteiger partial charge in [0.15, 0.2) is 0 Å². The quantitative estimate of drug-likeness (QED) is 0.847. The van der Waals surface area contributed by atoms with Crippen molar-refractivity contribution in [2.24, 2.45) is 5.73 Å². The van der Waals surface area contributed by atoms with Crippen LogP contribution in [0, 0.1) is 0 Å². The van der Waals surface area contributed by atoms with Gasteiger partial charge in [-0.1, -0.05) is 30.3 Å². The molecule has 1 aromatic carbocycles. The average Bonchev–Trinajstić information content (AvgIpc) is 2.68. The highest BCUT2D eigenvalue weighted by Crippen LogP contribution is 2.34. The summed E-state index contributed by atoms with van der Waals surface area (Å²) in [6.07, 6.45) is 6.67. The Bertz CT molecular complexity index is 558. The molecule has 0 aromatic heterocycles. The topological polar surface area (TPSA) is 64.8 Å². The fraction of sp³-hybridized carbons (Fsp3) is 0.667. The SMILES string of the molecule is COCC(=O)N1CCC[C@H](N)[C@@H]1CO[C@H]1CC[C@@H](c2ccccc2)CC1. The largest absolute Gasteiger partial charge is 0.376 e. The first kappa shape index (κ1) is 19.3. The third-order valence-corrected chi connectivity index (χ3v) is 5.87. The van der Waals surface area contributed by atoms with Crippen molar-refractivity contribution >= 4 is 5.91 Å². The first-order valence-corrected chi connectivity index (χ1v) is 9.89. The first-order chi connectivity index (χ1) is 12.7. The molecule has 144 valence electrons. The lowest BCUT2D eigenvalue weighted by atomic mass is 9.83. The summed E-state index contributed by atoms with van der Waals surface area (Å²) in [4.78, 5) is 14.2. The van der Waals surface area contributed by atoms with E-state index in [1.807, 2.05) is 4.90 Å². The van der Waals surface area contributed by atoms with Crippen LogP contribution in [0.15, 0.2) is 30.3 Å². The molecule has 1 aliphatic carbocycles. The lowest BCUT2D eigenvalue weighted by molar-refractivity contribution is -0.142. The molecule has 2 fully saturated rings. The molecule has 1 heterocycles. The standard InChI is InChI=1S/C21H32N2O3/c1-25-15-21(24)23-13-5-8-19(22)20(23)14-26-18-11-9-17(10-12-18)16-6-3-2-4-7-16/h2-4,6-7,17-20H,5,8-15,22H2,1H3/t17-,18+,19-,20-/m0/s1. The van der Waals surface area contributed by atoms with Crippen LogP contribution in [-0.4, -0.2) is 55.9 Å². The molecule has 5 heteroatoms. The Labute approximate surface area is 156 Å². The molecule has 1 saturated heterocycles. The van der Waals surface area contributed by atoms with Crippen LogP contribution in [-0.2, 0) is 14.3 Å². The molecule has 1 aliphatic heterocycles. The van der Waals surface area contributed by atoms with E-state index in [0.717, 1.165) is 45.1 Å². The van der Waals surface area contributed by atoms with Crippen LogP contribution in [0.5, 0.6) is 0 Å². The smallest absolute Gasteiger partial charge is 0.248 e. The number of carbonyl (C=O) groups is 1. The van der Waals surface area contributed by atoms with Crippen LogP contribution in [0.4, 0.5) is 0 Å². The van der Waals surface area contributed by atoms with Gasteiger partial charge in [-0.25, -0.2) is 0 Å². The van der Waals surface area contributed by atoms with E-state index < -0.39 is 0 Å². The van der Waals surface area contributed by atoms with Gasteiger partial charge in [0.1, 0.15) is 6.61 Å². The van der Waals surface area contributed by atoms with E-state index in [-0.39, 0.29) is 30.7 Å². The maximum Gasteiger partial charge on any atom is 0.248 e. The fourth-order valence-corrected chi connectivity index (χ4v) is 4.34. The second-order valence-electron chi connectivity index (χ2n) is 7.61. The van der Waals surface area contributed by atoms with E-state index in [1.54, 1.807) is 7.11 Å². The van der Waals surface area contributed by atoms with Crippen LogP contribution in [0.25, 0.3) is 0 Å². The summed E-state index contributed by atoms with van der Waals surface area (Å²) < 4.78 is 11.2. The van der Waals surface area contributed by atoms with Gasteiger partial charge in [-0.05, 0) is 50.0 Å². The monoisotopic (exact) mass is 360 g/mol. The van der Waals surface area contributed by atoms with Crippen LogP contribution in [0.1, 0.15) is 50.0 Å². The number of nitrogens with zero attached hydrogens (tertiary/aromatic N) is 1. The average molecular weight is 360 g/mol. The Morgan fingerprint density at radius 3 is 2.58 bits per heavy atom. The lowest BCUT2D eigenvalue weighted by Gasteiger charge is -2.40. The Morgan fingerprint density at radius 2 is 1.88 bits per heavy atom. The normalized spacial score (nSPS) is 29.5. The Hall–Kier alpha value is -1.43. The fourth-order valence-electron chi connectivity index (χ4n) is 4.34. The number of ether oxygens (including phenoxy) is 2. The van der Waals surface area contributed by atoms with Crippen molar-refractivity contribution in [2.75, 3.05) is 26.9 Å². The van der Waals surface area contributed by atoms with Gasteiger partial charge in [0.25, 0.3) is 0 Å². The molecule has 2 atom stereocenters. The minimum atomic E-state index is -0.0294. The number of likely N-dealkylation sites (tertiary alicyclic amines) is 1. The van der Waals surface area contributed by atoms with Gasteiger partial charge >= 0.3 is 0 Å². The molecular formula is C21H32N2O3. The summed E-state index contributed by atoms with van der Waals surface area (Å²) in [7, 11) is 1.55. The Balaban J connectivity index is 1.49. The van der Waals surface area contributed by atoms with E-state index in [9.17, 15) is 4.79 Å². The highest BCUT2D eigenvalue weighted by molar-refractivity contribution is 5.78. The first-order valence-electron chi connectivity index (χ1n) is 9.89. The van der Waals surface area contributed by atoms with Gasteiger partial charge in [-0.3, -0.25) is 4.79 Å². The van der Waals surface area contributed by atoms with E-state index in [4.69, 9.17) is 15.2 Å². The van der Waals surface area contributed by atoms with Crippen LogP contribution in [0.3, 0.4) is 0 Å². The maximum atomic E-state index is 12.3. The van der Waals surface area contributed by atoms with Crippen molar-refractivity contribution < 1.29 is 14.3 Å². The number of hydrogen-bond donors (Lipinski definition) is 1. The number of benzene rings is 1. The van der Waals surface area contributed by atoms with Crippen molar-refractivity contribution in [1.29, 1.82) is 0 Å². The zero-order valence-corrected chi connectivity index (χ0v) is 15.8. The summed E-state index contributed by atoms with van der Waals surface area (Å²) in [5.74, 6) is 0.664. The van der Waals surface area contributed by atoms with Crippen molar-refractivity contribution in [3.05, 3.63) is 35.9 Å². The van der Waals surface area contributed by atoms with E-state index in [0.29, 0.717) is 12.5 Å². The summed E-state index contributed by atoms with van der Waals surface area (Å²) in [5.41, 5.74) is 7.74. The Kier molecular flexibility index (Phi) is 7.06.